The predicted octanol–water partition coefficient (Wildman–Crippen LogP) is 3.90. The zero-order valence-electron chi connectivity index (χ0n) is 11.7. The Labute approximate surface area is 106 Å². The lowest BCUT2D eigenvalue weighted by atomic mass is 9.71. The van der Waals surface area contributed by atoms with Crippen molar-refractivity contribution in [3.8, 4) is 0 Å². The molecule has 2 aliphatic carbocycles. The maximum Gasteiger partial charge on any atom is 0.0646 e. The number of hydrogen-bond donors (Lipinski definition) is 0. The molecule has 0 spiro atoms. The number of ether oxygens (including phenoxy) is 1. The summed E-state index contributed by atoms with van der Waals surface area (Å²) in [5.41, 5.74) is 2.07. The second-order valence-corrected chi connectivity index (χ2v) is 7.49. The summed E-state index contributed by atoms with van der Waals surface area (Å²) < 4.78 is 6.16. The van der Waals surface area contributed by atoms with Crippen LogP contribution in [0.5, 0.6) is 0 Å². The van der Waals surface area contributed by atoms with Crippen LogP contribution in [0.15, 0.2) is 12.2 Å². The van der Waals surface area contributed by atoms with Gasteiger partial charge in [-0.3, -0.25) is 0 Å². The van der Waals surface area contributed by atoms with E-state index in [1.165, 1.54) is 18.4 Å². The average Bonchev–Trinajstić information content (AvgIpc) is 2.71. The lowest BCUT2D eigenvalue weighted by Gasteiger charge is -2.42. The van der Waals surface area contributed by atoms with Crippen molar-refractivity contribution in [1.29, 1.82) is 0 Å². The van der Waals surface area contributed by atoms with Gasteiger partial charge >= 0.3 is 0 Å². The highest BCUT2D eigenvalue weighted by molar-refractivity contribution is 5.26. The van der Waals surface area contributed by atoms with Crippen molar-refractivity contribution >= 4 is 0 Å². The Morgan fingerprint density at radius 2 is 2.12 bits per heavy atom. The van der Waals surface area contributed by atoms with Crippen LogP contribution in [0.4, 0.5) is 0 Å². The summed E-state index contributed by atoms with van der Waals surface area (Å²) in [7, 11) is 0. The van der Waals surface area contributed by atoms with Crippen LogP contribution in [-0.2, 0) is 4.74 Å². The number of fused-ring (bicyclic) bond motifs is 4. The third kappa shape index (κ3) is 1.62. The fourth-order valence-corrected chi connectivity index (χ4v) is 4.58. The van der Waals surface area contributed by atoms with Gasteiger partial charge in [0.05, 0.1) is 12.7 Å². The van der Waals surface area contributed by atoms with E-state index in [0.29, 0.717) is 23.4 Å². The third-order valence-corrected chi connectivity index (χ3v) is 5.63. The molecular weight excluding hydrogens is 208 g/mol. The van der Waals surface area contributed by atoms with Gasteiger partial charge in [-0.2, -0.15) is 0 Å². The molecule has 1 heterocycles. The van der Waals surface area contributed by atoms with Crippen molar-refractivity contribution in [2.45, 2.75) is 46.6 Å². The second kappa shape index (κ2) is 3.60. The molecule has 1 heteroatoms. The van der Waals surface area contributed by atoms with Gasteiger partial charge in [-0.15, -0.1) is 0 Å². The van der Waals surface area contributed by atoms with Gasteiger partial charge in [0, 0.05) is 11.8 Å². The van der Waals surface area contributed by atoms with E-state index in [9.17, 15) is 0 Å². The molecule has 2 saturated carbocycles. The lowest BCUT2D eigenvalue weighted by molar-refractivity contribution is -0.0561. The Morgan fingerprint density at radius 1 is 1.41 bits per heavy atom. The highest BCUT2D eigenvalue weighted by atomic mass is 16.5. The third-order valence-electron chi connectivity index (χ3n) is 5.63. The van der Waals surface area contributed by atoms with Gasteiger partial charge in [-0.1, -0.05) is 39.8 Å². The van der Waals surface area contributed by atoms with E-state index in [4.69, 9.17) is 4.74 Å². The van der Waals surface area contributed by atoms with E-state index in [1.54, 1.807) is 0 Å². The van der Waals surface area contributed by atoms with E-state index in [0.717, 1.165) is 24.4 Å². The minimum atomic E-state index is 0.452. The van der Waals surface area contributed by atoms with E-state index in [-0.39, 0.29) is 0 Å². The van der Waals surface area contributed by atoms with E-state index >= 15 is 0 Å². The van der Waals surface area contributed by atoms with Crippen LogP contribution >= 0.6 is 0 Å². The maximum absolute atomic E-state index is 6.16. The van der Waals surface area contributed by atoms with Crippen molar-refractivity contribution in [2.24, 2.45) is 35.0 Å². The first-order chi connectivity index (χ1) is 7.93. The summed E-state index contributed by atoms with van der Waals surface area (Å²) in [6.45, 7) is 14.9. The minimum Gasteiger partial charge on any atom is -0.377 e. The van der Waals surface area contributed by atoms with Crippen LogP contribution in [0.2, 0.25) is 0 Å². The fourth-order valence-electron chi connectivity index (χ4n) is 4.58. The van der Waals surface area contributed by atoms with E-state index in [1.807, 2.05) is 0 Å². The molecule has 3 fully saturated rings. The molecule has 17 heavy (non-hydrogen) atoms. The van der Waals surface area contributed by atoms with Crippen molar-refractivity contribution in [3.63, 3.8) is 0 Å². The molecule has 0 aromatic carbocycles. The van der Waals surface area contributed by atoms with Gasteiger partial charge in [0.1, 0.15) is 0 Å². The Balaban J connectivity index is 1.85. The predicted molar refractivity (Wildman–Crippen MR) is 70.7 cm³/mol. The standard InChI is InChI=1S/C16H26O/c1-9(2)6-13-14-10(3)11(8-17-13)7-12-15(14)16(12,4)5/h9,11-15H,3,6-8H2,1-2,4-5H3/t11-,12?,13?,14+,15?/m1/s1. The Kier molecular flexibility index (Phi) is 2.49. The molecule has 0 radical (unpaired) electrons. The second-order valence-electron chi connectivity index (χ2n) is 7.49. The van der Waals surface area contributed by atoms with Crippen LogP contribution in [0, 0.1) is 35.0 Å². The highest BCUT2D eigenvalue weighted by Gasteiger charge is 2.66. The van der Waals surface area contributed by atoms with Crippen molar-refractivity contribution in [2.75, 3.05) is 6.61 Å². The SMILES string of the molecule is C=C1[C@H]2COC(CC(C)C)[C@H]1C1C(C2)C1(C)C. The van der Waals surface area contributed by atoms with Crippen LogP contribution in [0.3, 0.4) is 0 Å². The molecule has 2 bridgehead atoms. The average molecular weight is 234 g/mol. The van der Waals surface area contributed by atoms with Gasteiger partial charge in [0.25, 0.3) is 0 Å². The summed E-state index contributed by atoms with van der Waals surface area (Å²) in [6.07, 6.45) is 2.99. The van der Waals surface area contributed by atoms with Crippen molar-refractivity contribution in [1.82, 2.24) is 0 Å². The van der Waals surface area contributed by atoms with E-state index < -0.39 is 0 Å². The van der Waals surface area contributed by atoms with Crippen LogP contribution in [0.25, 0.3) is 0 Å². The summed E-state index contributed by atoms with van der Waals surface area (Å²) in [5, 5.41) is 0. The first-order valence-electron chi connectivity index (χ1n) is 7.23. The normalized spacial score (nSPS) is 46.9. The Hall–Kier alpha value is -0.300. The number of rotatable bonds is 2. The Morgan fingerprint density at radius 3 is 2.76 bits per heavy atom. The molecule has 0 aromatic heterocycles. The molecule has 3 aliphatic rings. The molecule has 1 nitrogen and oxygen atoms in total. The van der Waals surface area contributed by atoms with Gasteiger partial charge in [-0.25, -0.2) is 0 Å². The lowest BCUT2D eigenvalue weighted by Crippen LogP contribution is -2.41. The first-order valence-corrected chi connectivity index (χ1v) is 7.23. The molecule has 5 atom stereocenters. The molecule has 0 N–H and O–H groups in total. The largest absolute Gasteiger partial charge is 0.377 e. The van der Waals surface area contributed by atoms with Crippen molar-refractivity contribution in [3.05, 3.63) is 12.2 Å². The molecule has 96 valence electrons. The quantitative estimate of drug-likeness (QED) is 0.659. The molecule has 3 rings (SSSR count). The fraction of sp³-hybridized carbons (Fsp3) is 0.875. The van der Waals surface area contributed by atoms with Gasteiger partial charge in [-0.05, 0) is 36.0 Å². The molecule has 1 aliphatic heterocycles. The maximum atomic E-state index is 6.16. The first kappa shape index (κ1) is 11.8. The van der Waals surface area contributed by atoms with Crippen LogP contribution in [-0.4, -0.2) is 12.7 Å². The zero-order valence-corrected chi connectivity index (χ0v) is 11.7. The van der Waals surface area contributed by atoms with Crippen molar-refractivity contribution < 1.29 is 4.74 Å². The van der Waals surface area contributed by atoms with Crippen LogP contribution in [0.1, 0.15) is 40.5 Å². The van der Waals surface area contributed by atoms with Gasteiger partial charge in [0.2, 0.25) is 0 Å². The smallest absolute Gasteiger partial charge is 0.0646 e. The summed E-state index contributed by atoms with van der Waals surface area (Å²) >= 11 is 0. The molecule has 1 saturated heterocycles. The van der Waals surface area contributed by atoms with E-state index in [2.05, 4.69) is 34.3 Å². The summed E-state index contributed by atoms with van der Waals surface area (Å²) in [4.78, 5) is 0. The minimum absolute atomic E-state index is 0.452. The van der Waals surface area contributed by atoms with Gasteiger partial charge in [0.15, 0.2) is 0 Å². The molecular formula is C16H26O. The summed E-state index contributed by atoms with van der Waals surface area (Å²) in [5.74, 6) is 3.85. The molecule has 3 unspecified atom stereocenters. The topological polar surface area (TPSA) is 9.23 Å². The van der Waals surface area contributed by atoms with Crippen LogP contribution < -0.4 is 0 Å². The zero-order chi connectivity index (χ0) is 12.4. The summed E-state index contributed by atoms with van der Waals surface area (Å²) in [6, 6.07) is 0. The molecule has 0 amide bonds. The Bertz CT molecular complexity index is 341. The number of hydrogen-bond acceptors (Lipinski definition) is 1. The van der Waals surface area contributed by atoms with Gasteiger partial charge < -0.3 is 4.74 Å². The molecule has 0 aromatic rings. The monoisotopic (exact) mass is 234 g/mol. The highest BCUT2D eigenvalue weighted by Crippen LogP contribution is 2.70.